The van der Waals surface area contributed by atoms with Gasteiger partial charge in [-0.15, -0.1) is 11.3 Å². The predicted octanol–water partition coefficient (Wildman–Crippen LogP) is 5.35. The first-order valence-corrected chi connectivity index (χ1v) is 8.62. The van der Waals surface area contributed by atoms with E-state index in [9.17, 15) is 0 Å². The molecule has 0 saturated carbocycles. The van der Waals surface area contributed by atoms with Crippen LogP contribution >= 0.6 is 11.3 Å². The Balaban J connectivity index is 0.00000155. The zero-order chi connectivity index (χ0) is 16.8. The molecule has 1 heterocycles. The number of hydroxylamine groups is 1. The van der Waals surface area contributed by atoms with Gasteiger partial charge in [0.25, 0.3) is 0 Å². The molecule has 126 valence electrons. The standard InChI is InChI=1S/C15H22N2O2S.C2H6.H2/c1-6-11(17-19-15(2,3)4)14-16-12-8-7-10(18-5)9-13(12)20-14;1-2;/h7-9,11,17H,6H2,1-5H3;1-2H3;1H. The zero-order valence-corrected chi connectivity index (χ0v) is 15.5. The van der Waals surface area contributed by atoms with Crippen LogP contribution in [0.3, 0.4) is 0 Å². The van der Waals surface area contributed by atoms with Crippen LogP contribution in [0.15, 0.2) is 18.2 Å². The number of fused-ring (bicyclic) bond motifs is 1. The normalized spacial score (nSPS) is 12.7. The van der Waals surface area contributed by atoms with Crippen molar-refractivity contribution in [2.45, 2.75) is 59.6 Å². The molecule has 1 aromatic heterocycles. The summed E-state index contributed by atoms with van der Waals surface area (Å²) in [5.74, 6) is 0.861. The zero-order valence-electron chi connectivity index (χ0n) is 14.7. The van der Waals surface area contributed by atoms with Crippen LogP contribution in [-0.4, -0.2) is 17.7 Å². The number of aromatic nitrogens is 1. The van der Waals surface area contributed by atoms with E-state index in [1.54, 1.807) is 18.4 Å². The lowest BCUT2D eigenvalue weighted by Gasteiger charge is -2.23. The van der Waals surface area contributed by atoms with Crippen LogP contribution < -0.4 is 10.2 Å². The number of thiazole rings is 1. The predicted molar refractivity (Wildman–Crippen MR) is 96.6 cm³/mol. The molecule has 0 aliphatic rings. The molecule has 0 saturated heterocycles. The summed E-state index contributed by atoms with van der Waals surface area (Å²) in [7, 11) is 1.68. The lowest BCUT2D eigenvalue weighted by molar-refractivity contribution is -0.0895. The molecule has 2 aromatic rings. The molecule has 22 heavy (non-hydrogen) atoms. The van der Waals surface area contributed by atoms with Gasteiger partial charge in [-0.2, -0.15) is 5.48 Å². The summed E-state index contributed by atoms with van der Waals surface area (Å²) in [6.07, 6.45) is 0.924. The fraction of sp³-hybridized carbons (Fsp3) is 0.588. The Morgan fingerprint density at radius 2 is 2.00 bits per heavy atom. The maximum Gasteiger partial charge on any atom is 0.120 e. The van der Waals surface area contributed by atoms with Gasteiger partial charge < -0.3 is 4.74 Å². The largest absolute Gasteiger partial charge is 0.497 e. The Labute approximate surface area is 139 Å². The summed E-state index contributed by atoms with van der Waals surface area (Å²) >= 11 is 1.68. The van der Waals surface area contributed by atoms with Crippen molar-refractivity contribution in [2.75, 3.05) is 7.11 Å². The number of methoxy groups -OCH3 is 1. The third-order valence-corrected chi connectivity index (χ3v) is 3.96. The maximum atomic E-state index is 5.67. The van der Waals surface area contributed by atoms with Crippen LogP contribution in [0.25, 0.3) is 10.2 Å². The van der Waals surface area contributed by atoms with Crippen molar-refractivity contribution in [3.63, 3.8) is 0 Å². The summed E-state index contributed by atoms with van der Waals surface area (Å²) < 4.78 is 6.38. The van der Waals surface area contributed by atoms with Gasteiger partial charge in [-0.3, -0.25) is 4.84 Å². The molecule has 0 bridgehead atoms. The number of hydrogen-bond acceptors (Lipinski definition) is 5. The maximum absolute atomic E-state index is 5.67. The third-order valence-electron chi connectivity index (χ3n) is 2.83. The number of benzene rings is 1. The molecule has 5 heteroatoms. The highest BCUT2D eigenvalue weighted by atomic mass is 32.1. The Bertz CT molecular complexity index is 581. The van der Waals surface area contributed by atoms with Gasteiger partial charge in [0.2, 0.25) is 0 Å². The quantitative estimate of drug-likeness (QED) is 0.752. The van der Waals surface area contributed by atoms with E-state index in [1.807, 2.05) is 52.8 Å². The van der Waals surface area contributed by atoms with Crippen molar-refractivity contribution in [1.29, 1.82) is 0 Å². The molecular formula is C17H30N2O2S. The molecule has 0 radical (unpaired) electrons. The van der Waals surface area contributed by atoms with Crippen LogP contribution in [0.1, 0.15) is 60.4 Å². The summed E-state index contributed by atoms with van der Waals surface area (Å²) in [4.78, 5) is 10.4. The molecule has 0 aliphatic heterocycles. The van der Waals surface area contributed by atoms with E-state index in [2.05, 4.69) is 17.4 Å². The highest BCUT2D eigenvalue weighted by Crippen LogP contribution is 2.30. The molecular weight excluding hydrogens is 296 g/mol. The van der Waals surface area contributed by atoms with Crippen molar-refractivity contribution in [3.8, 4) is 5.75 Å². The molecule has 4 nitrogen and oxygen atoms in total. The Kier molecular flexibility index (Phi) is 7.26. The first-order chi connectivity index (χ1) is 10.4. The van der Waals surface area contributed by atoms with Gasteiger partial charge in [-0.1, -0.05) is 20.8 Å². The van der Waals surface area contributed by atoms with Gasteiger partial charge in [0.05, 0.1) is 29.0 Å². The smallest absolute Gasteiger partial charge is 0.120 e. The second-order valence-electron chi connectivity index (χ2n) is 5.68. The van der Waals surface area contributed by atoms with Crippen molar-refractivity contribution < 1.29 is 11.0 Å². The van der Waals surface area contributed by atoms with Crippen molar-refractivity contribution in [3.05, 3.63) is 23.2 Å². The molecule has 0 amide bonds. The van der Waals surface area contributed by atoms with Crippen LogP contribution in [0, 0.1) is 0 Å². The second-order valence-corrected chi connectivity index (χ2v) is 6.74. The number of nitrogens with one attached hydrogen (secondary N) is 1. The lowest BCUT2D eigenvalue weighted by Crippen LogP contribution is -2.31. The second kappa shape index (κ2) is 8.46. The first kappa shape index (κ1) is 18.9. The SMILES string of the molecule is CC.CCC(NOC(C)(C)C)c1nc2ccc(OC)cc2s1.[HH]. The number of rotatable bonds is 5. The Morgan fingerprint density at radius 1 is 1.32 bits per heavy atom. The highest BCUT2D eigenvalue weighted by molar-refractivity contribution is 7.18. The van der Waals surface area contributed by atoms with Gasteiger partial charge in [0.15, 0.2) is 0 Å². The minimum absolute atomic E-state index is 0. The summed E-state index contributed by atoms with van der Waals surface area (Å²) in [5, 5.41) is 1.04. The van der Waals surface area contributed by atoms with Crippen LogP contribution in [0.2, 0.25) is 0 Å². The van der Waals surface area contributed by atoms with E-state index >= 15 is 0 Å². The van der Waals surface area contributed by atoms with E-state index in [1.165, 1.54) is 0 Å². The minimum atomic E-state index is -0.215. The van der Waals surface area contributed by atoms with Crippen molar-refractivity contribution in [1.82, 2.24) is 10.5 Å². The molecule has 2 rings (SSSR count). The number of hydrogen-bond donors (Lipinski definition) is 1. The Morgan fingerprint density at radius 3 is 2.55 bits per heavy atom. The van der Waals surface area contributed by atoms with E-state index < -0.39 is 0 Å². The van der Waals surface area contributed by atoms with Gasteiger partial charge in [-0.05, 0) is 45.4 Å². The first-order valence-electron chi connectivity index (χ1n) is 7.81. The highest BCUT2D eigenvalue weighted by Gasteiger charge is 2.18. The fourth-order valence-electron chi connectivity index (χ4n) is 1.76. The lowest BCUT2D eigenvalue weighted by atomic mass is 10.2. The van der Waals surface area contributed by atoms with Crippen LogP contribution in [0.5, 0.6) is 5.75 Å². The average Bonchev–Trinajstić information content (AvgIpc) is 2.91. The minimum Gasteiger partial charge on any atom is -0.497 e. The van der Waals surface area contributed by atoms with E-state index in [-0.39, 0.29) is 13.1 Å². The van der Waals surface area contributed by atoms with Gasteiger partial charge in [0, 0.05) is 1.43 Å². The topological polar surface area (TPSA) is 43.4 Å². The van der Waals surface area contributed by atoms with Crippen molar-refractivity contribution >= 4 is 21.6 Å². The number of nitrogens with zero attached hydrogens (tertiary/aromatic N) is 1. The Hall–Kier alpha value is -1.17. The molecule has 0 fully saturated rings. The summed E-state index contributed by atoms with van der Waals surface area (Å²) in [5.41, 5.74) is 3.92. The summed E-state index contributed by atoms with van der Waals surface area (Å²) in [6, 6.07) is 6.06. The molecule has 1 unspecified atom stereocenters. The van der Waals surface area contributed by atoms with Crippen LogP contribution in [-0.2, 0) is 4.84 Å². The molecule has 0 spiro atoms. The van der Waals surface area contributed by atoms with Crippen molar-refractivity contribution in [2.24, 2.45) is 0 Å². The molecule has 1 aromatic carbocycles. The molecule has 1 atom stereocenters. The van der Waals surface area contributed by atoms with E-state index in [0.717, 1.165) is 27.4 Å². The third kappa shape index (κ3) is 5.23. The van der Waals surface area contributed by atoms with Gasteiger partial charge in [0.1, 0.15) is 10.8 Å². The number of ether oxygens (including phenoxy) is 1. The molecule has 1 N–H and O–H groups in total. The van der Waals surface area contributed by atoms with Gasteiger partial charge in [-0.25, -0.2) is 4.98 Å². The van der Waals surface area contributed by atoms with E-state index in [0.29, 0.717) is 0 Å². The average molecular weight is 327 g/mol. The summed E-state index contributed by atoms with van der Waals surface area (Å²) in [6.45, 7) is 12.2. The molecule has 0 aliphatic carbocycles. The van der Waals surface area contributed by atoms with Gasteiger partial charge >= 0.3 is 0 Å². The fourth-order valence-corrected chi connectivity index (χ4v) is 2.87. The van der Waals surface area contributed by atoms with E-state index in [4.69, 9.17) is 9.57 Å². The van der Waals surface area contributed by atoms with Crippen LogP contribution in [0.4, 0.5) is 0 Å². The monoisotopic (exact) mass is 326 g/mol.